The van der Waals surface area contributed by atoms with Gasteiger partial charge in [-0.1, -0.05) is 40.8 Å². The van der Waals surface area contributed by atoms with Crippen molar-refractivity contribution in [2.24, 2.45) is 0 Å². The zero-order valence-corrected chi connectivity index (χ0v) is 24.4. The van der Waals surface area contributed by atoms with Gasteiger partial charge < -0.3 is 25.4 Å². The molecule has 0 aliphatic heterocycles. The summed E-state index contributed by atoms with van der Waals surface area (Å²) in [4.78, 5) is 9.66. The highest BCUT2D eigenvalue weighted by atomic mass is 127. The second kappa shape index (κ2) is 11.6. The molecule has 5 rings (SSSR count). The van der Waals surface area contributed by atoms with Gasteiger partial charge in [0.1, 0.15) is 15.0 Å². The van der Waals surface area contributed by atoms with Gasteiger partial charge in [0, 0.05) is 18.4 Å². The summed E-state index contributed by atoms with van der Waals surface area (Å²) >= 11 is 4.03. The Morgan fingerprint density at radius 1 is 1.21 bits per heavy atom. The number of alkyl halides is 1. The average Bonchev–Trinajstić information content (AvgIpc) is 3.45. The van der Waals surface area contributed by atoms with E-state index in [0.717, 1.165) is 18.2 Å². The van der Waals surface area contributed by atoms with E-state index in [4.69, 9.17) is 19.8 Å². The third-order valence-corrected chi connectivity index (χ3v) is 9.87. The maximum absolute atomic E-state index is 13.8. The highest BCUT2D eigenvalue weighted by molar-refractivity contribution is 14.1. The lowest BCUT2D eigenvalue weighted by Gasteiger charge is -2.22. The van der Waals surface area contributed by atoms with Crippen LogP contribution in [0.4, 0.5) is 14.6 Å². The zero-order valence-electron chi connectivity index (χ0n) is 21.5. The van der Waals surface area contributed by atoms with Gasteiger partial charge >= 0.3 is 0 Å². The van der Waals surface area contributed by atoms with Crippen LogP contribution in [0.5, 0.6) is 0 Å². The van der Waals surface area contributed by atoms with Crippen LogP contribution in [0.1, 0.15) is 56.5 Å². The number of benzene rings is 1. The summed E-state index contributed by atoms with van der Waals surface area (Å²) in [5.74, 6) is 0.153. The van der Waals surface area contributed by atoms with Crippen LogP contribution < -0.4 is 5.32 Å². The van der Waals surface area contributed by atoms with Gasteiger partial charge in [0.15, 0.2) is 34.4 Å². The van der Waals surface area contributed by atoms with E-state index in [0.29, 0.717) is 34.8 Å². The predicted octanol–water partition coefficient (Wildman–Crippen LogP) is 3.26. The molecule has 2 aliphatic carbocycles. The molecule has 0 saturated heterocycles. The van der Waals surface area contributed by atoms with Gasteiger partial charge in [-0.25, -0.2) is 23.4 Å². The van der Waals surface area contributed by atoms with Crippen molar-refractivity contribution in [3.8, 4) is 0 Å². The maximum atomic E-state index is 13.8. The molecule has 2 fully saturated rings. The molecule has 3 aromatic rings. The number of hydrogen-bond donors (Lipinski definition) is 4. The number of nitrogens with zero attached hydrogens (tertiary/aromatic N) is 5. The Bertz CT molecular complexity index is 1330. The van der Waals surface area contributed by atoms with Gasteiger partial charge in [-0.3, -0.25) is 0 Å². The van der Waals surface area contributed by atoms with Crippen LogP contribution >= 0.6 is 34.4 Å². The van der Waals surface area contributed by atoms with E-state index < -0.39 is 38.7 Å². The highest BCUT2D eigenvalue weighted by Gasteiger charge is 2.45. The van der Waals surface area contributed by atoms with Crippen LogP contribution in [0.2, 0.25) is 0 Å². The Kier molecular flexibility index (Phi) is 8.60. The molecule has 2 aliphatic rings. The molecule has 212 valence electrons. The van der Waals surface area contributed by atoms with Crippen LogP contribution in [0, 0.1) is 11.6 Å². The number of aromatic nitrogens is 5. The van der Waals surface area contributed by atoms with Gasteiger partial charge in [-0.05, 0) is 43.2 Å². The van der Waals surface area contributed by atoms with E-state index >= 15 is 0 Å². The molecule has 14 heteroatoms. The fourth-order valence-corrected chi connectivity index (χ4v) is 6.64. The number of ether oxygens (including phenoxy) is 1. The fourth-order valence-electron chi connectivity index (χ4n) is 4.93. The molecule has 0 radical (unpaired) electrons. The molecule has 2 heterocycles. The van der Waals surface area contributed by atoms with Crippen molar-refractivity contribution in [3.05, 3.63) is 41.2 Å². The average molecular weight is 677 g/mol. The van der Waals surface area contributed by atoms with E-state index in [1.54, 1.807) is 17.8 Å². The summed E-state index contributed by atoms with van der Waals surface area (Å²) in [5, 5.41) is 42.5. The second-order valence-electron chi connectivity index (χ2n) is 10.1. The lowest BCUT2D eigenvalue weighted by molar-refractivity contribution is -0.0629. The summed E-state index contributed by atoms with van der Waals surface area (Å²) in [6.45, 7) is 3.98. The molecule has 1 aromatic carbocycles. The quantitative estimate of drug-likeness (QED) is 0.177. The number of thioether (sulfide) groups is 1. The molecular formula is C25H31F2IN6O4S. The summed E-state index contributed by atoms with van der Waals surface area (Å²) in [7, 11) is 0. The molecule has 0 bridgehead atoms. The molecule has 2 saturated carbocycles. The first-order chi connectivity index (χ1) is 18.6. The minimum absolute atomic E-state index is 0.0136. The number of fused-ring (bicyclic) bond motifs is 1. The smallest absolute Gasteiger partial charge is 0.184 e. The Hall–Kier alpha value is -1.72. The minimum Gasteiger partial charge on any atom is -0.394 e. The Morgan fingerprint density at radius 2 is 2.00 bits per heavy atom. The van der Waals surface area contributed by atoms with Gasteiger partial charge in [0.05, 0.1) is 25.4 Å². The van der Waals surface area contributed by atoms with Crippen molar-refractivity contribution in [1.29, 1.82) is 0 Å². The standard InChI is InChI=1S/C25H31F2IN6O4S/c1-3-8-39-25(2,28)24-30-22(29-16-10-13(16)12-4-5-14(26)15(27)9-12)19-23(31-24)34(33-32-19)17-11-18(38-7-6-35)21(37)20(17)36/h4-5,9,13,16-18,20-21,35-37H,3,6-8,10-11H2,1-2H3,(H,29,30,31)/t13-,16+,17+,18-,20-,21+,25+/m0/s1. The normalized spacial score (nSPS) is 28.1. The van der Waals surface area contributed by atoms with Crippen LogP contribution in [-0.2, 0) is 7.49 Å². The first-order valence-corrected chi connectivity index (χ1v) is 15.0. The summed E-state index contributed by atoms with van der Waals surface area (Å²) in [6, 6.07) is 3.24. The molecule has 0 spiro atoms. The predicted molar refractivity (Wildman–Crippen MR) is 151 cm³/mol. The fraction of sp³-hybridized carbons (Fsp3) is 0.600. The SMILES string of the molecule is CCCS[C@@](C)(I)c1nc(N[C@@H]2C[C@H]2c2ccc(F)c(F)c2)c2nnn([C@@H]3C[C@H](OCCO)[C@@H](O)[C@H]3O)c2n1. The van der Waals surface area contributed by atoms with Gasteiger partial charge in [0.2, 0.25) is 0 Å². The van der Waals surface area contributed by atoms with Crippen molar-refractivity contribution in [1.82, 2.24) is 25.0 Å². The van der Waals surface area contributed by atoms with Crippen molar-refractivity contribution in [2.75, 3.05) is 24.3 Å². The maximum Gasteiger partial charge on any atom is 0.184 e. The number of aliphatic hydroxyl groups is 3. The minimum atomic E-state index is -1.17. The van der Waals surface area contributed by atoms with Crippen molar-refractivity contribution < 1.29 is 28.8 Å². The van der Waals surface area contributed by atoms with Crippen molar-refractivity contribution in [2.45, 2.75) is 72.2 Å². The van der Waals surface area contributed by atoms with Crippen LogP contribution in [0.25, 0.3) is 11.2 Å². The Balaban J connectivity index is 1.49. The first-order valence-electron chi connectivity index (χ1n) is 12.9. The molecule has 39 heavy (non-hydrogen) atoms. The van der Waals surface area contributed by atoms with Crippen LogP contribution in [0.15, 0.2) is 18.2 Å². The number of halogens is 3. The van der Waals surface area contributed by atoms with E-state index in [9.17, 15) is 19.0 Å². The molecule has 0 amide bonds. The second-order valence-corrected chi connectivity index (χ2v) is 14.5. The monoisotopic (exact) mass is 676 g/mol. The van der Waals surface area contributed by atoms with E-state index in [2.05, 4.69) is 45.1 Å². The van der Waals surface area contributed by atoms with Gasteiger partial charge in [-0.15, -0.1) is 16.9 Å². The molecule has 2 aromatic heterocycles. The van der Waals surface area contributed by atoms with Gasteiger partial charge in [-0.2, -0.15) is 0 Å². The van der Waals surface area contributed by atoms with Crippen LogP contribution in [-0.4, -0.2) is 83.6 Å². The molecule has 7 atom stereocenters. The highest BCUT2D eigenvalue weighted by Crippen LogP contribution is 2.46. The number of aliphatic hydroxyl groups excluding tert-OH is 3. The molecule has 0 unspecified atom stereocenters. The molecule has 4 N–H and O–H groups in total. The number of hydrogen-bond acceptors (Lipinski definition) is 10. The summed E-state index contributed by atoms with van der Waals surface area (Å²) < 4.78 is 33.8. The number of anilines is 1. The van der Waals surface area contributed by atoms with Crippen molar-refractivity contribution >= 4 is 51.3 Å². The largest absolute Gasteiger partial charge is 0.394 e. The third kappa shape index (κ3) is 5.86. The van der Waals surface area contributed by atoms with E-state index in [1.165, 1.54) is 10.7 Å². The van der Waals surface area contributed by atoms with Crippen LogP contribution in [0.3, 0.4) is 0 Å². The number of nitrogens with one attached hydrogen (secondary N) is 1. The Morgan fingerprint density at radius 3 is 2.72 bits per heavy atom. The topological polar surface area (TPSA) is 138 Å². The summed E-state index contributed by atoms with van der Waals surface area (Å²) in [6.07, 6.45) is -1.05. The number of rotatable bonds is 11. The van der Waals surface area contributed by atoms with E-state index in [1.807, 2.05) is 6.92 Å². The lowest BCUT2D eigenvalue weighted by atomic mass is 10.1. The zero-order chi connectivity index (χ0) is 27.9. The first kappa shape index (κ1) is 28.8. The van der Waals surface area contributed by atoms with Crippen molar-refractivity contribution in [3.63, 3.8) is 0 Å². The molecular weight excluding hydrogens is 645 g/mol. The van der Waals surface area contributed by atoms with E-state index in [-0.39, 0.29) is 31.6 Å². The Labute approximate surface area is 242 Å². The van der Waals surface area contributed by atoms with Gasteiger partial charge in [0.25, 0.3) is 0 Å². The lowest BCUT2D eigenvalue weighted by Crippen LogP contribution is -2.33. The molecule has 10 nitrogen and oxygen atoms in total. The summed E-state index contributed by atoms with van der Waals surface area (Å²) in [5.41, 5.74) is 1.52. The third-order valence-electron chi connectivity index (χ3n) is 7.12.